The summed E-state index contributed by atoms with van der Waals surface area (Å²) in [6.45, 7) is 5.22. The van der Waals surface area contributed by atoms with Crippen molar-refractivity contribution in [3.63, 3.8) is 0 Å². The summed E-state index contributed by atoms with van der Waals surface area (Å²) in [5.41, 5.74) is 1.27. The van der Waals surface area contributed by atoms with Crippen LogP contribution >= 0.6 is 0 Å². The molecule has 3 aliphatic rings. The van der Waals surface area contributed by atoms with Crippen LogP contribution in [-0.2, 0) is 14.3 Å². The van der Waals surface area contributed by atoms with Gasteiger partial charge in [-0.25, -0.2) is 10.0 Å². The van der Waals surface area contributed by atoms with Gasteiger partial charge in [0.25, 0.3) is 0 Å². The van der Waals surface area contributed by atoms with Gasteiger partial charge in [-0.2, -0.15) is 0 Å². The van der Waals surface area contributed by atoms with Crippen molar-refractivity contribution in [1.29, 1.82) is 0 Å². The highest BCUT2D eigenvalue weighted by molar-refractivity contribution is 6.03. The maximum Gasteiger partial charge on any atom is 0.227 e. The first kappa shape index (κ1) is 23.6. The third-order valence-corrected chi connectivity index (χ3v) is 8.42. The van der Waals surface area contributed by atoms with Crippen molar-refractivity contribution in [1.82, 2.24) is 14.9 Å². The molecule has 3 aliphatic heterocycles. The number of amides is 1. The smallest absolute Gasteiger partial charge is 0.227 e. The molecule has 1 amide bonds. The standard InChI is InChI=1S/C30H35N3O3/c34-21-22-11-14-32(15-12-22)33-13-5-10-27(30(35)31-16-18-36-19-17-31)29(33)28-25-8-3-1-6-23(25)20-24-7-2-4-9-26(24)28/h1-4,6-9,20-22,27,29H,5,10-19H2/t27?,29-/m1/s1. The summed E-state index contributed by atoms with van der Waals surface area (Å²) in [4.78, 5) is 27.6. The van der Waals surface area contributed by atoms with Gasteiger partial charge in [-0.3, -0.25) is 4.79 Å². The molecule has 3 heterocycles. The first-order chi connectivity index (χ1) is 17.7. The lowest BCUT2D eigenvalue weighted by molar-refractivity contribution is -0.156. The Morgan fingerprint density at radius 1 is 0.833 bits per heavy atom. The molecular weight excluding hydrogens is 450 g/mol. The van der Waals surface area contributed by atoms with Crippen LogP contribution in [0.4, 0.5) is 0 Å². The molecule has 6 rings (SSSR count). The highest BCUT2D eigenvalue weighted by atomic mass is 16.5. The molecule has 188 valence electrons. The maximum atomic E-state index is 14.1. The molecule has 0 N–H and O–H groups in total. The summed E-state index contributed by atoms with van der Waals surface area (Å²) < 4.78 is 5.56. The van der Waals surface area contributed by atoms with E-state index in [9.17, 15) is 9.59 Å². The summed E-state index contributed by atoms with van der Waals surface area (Å²) in [6, 6.07) is 19.5. The van der Waals surface area contributed by atoms with Crippen LogP contribution in [0.5, 0.6) is 0 Å². The molecule has 0 radical (unpaired) electrons. The Labute approximate surface area is 212 Å². The van der Waals surface area contributed by atoms with Crippen LogP contribution < -0.4 is 0 Å². The summed E-state index contributed by atoms with van der Waals surface area (Å²) in [6.07, 6.45) is 4.76. The van der Waals surface area contributed by atoms with Crippen LogP contribution in [0.15, 0.2) is 54.6 Å². The molecule has 0 aromatic heterocycles. The van der Waals surface area contributed by atoms with E-state index < -0.39 is 0 Å². The summed E-state index contributed by atoms with van der Waals surface area (Å²) in [7, 11) is 0. The number of nitrogens with zero attached hydrogens (tertiary/aromatic N) is 3. The van der Waals surface area contributed by atoms with Crippen LogP contribution in [0.1, 0.15) is 37.3 Å². The van der Waals surface area contributed by atoms with Crippen LogP contribution in [0, 0.1) is 11.8 Å². The molecule has 1 unspecified atom stereocenters. The predicted molar refractivity (Wildman–Crippen MR) is 141 cm³/mol. The number of morpholine rings is 1. The van der Waals surface area contributed by atoms with E-state index in [1.807, 2.05) is 4.90 Å². The second kappa shape index (κ2) is 10.3. The monoisotopic (exact) mass is 485 g/mol. The van der Waals surface area contributed by atoms with Crippen LogP contribution in [-0.4, -0.2) is 73.0 Å². The van der Waals surface area contributed by atoms with E-state index in [0.29, 0.717) is 26.3 Å². The lowest BCUT2D eigenvalue weighted by Crippen LogP contribution is -2.56. The minimum Gasteiger partial charge on any atom is -0.378 e. The van der Waals surface area contributed by atoms with Gasteiger partial charge in [0, 0.05) is 38.6 Å². The Bertz CT molecular complexity index is 1190. The molecule has 6 nitrogen and oxygen atoms in total. The molecular formula is C30H35N3O3. The van der Waals surface area contributed by atoms with E-state index in [4.69, 9.17) is 4.74 Å². The van der Waals surface area contributed by atoms with Gasteiger partial charge in [0.05, 0.1) is 25.2 Å². The lowest BCUT2D eigenvalue weighted by Gasteiger charge is -2.49. The second-order valence-corrected chi connectivity index (χ2v) is 10.5. The average molecular weight is 486 g/mol. The summed E-state index contributed by atoms with van der Waals surface area (Å²) in [5.74, 6) is 0.288. The Balaban J connectivity index is 1.50. The van der Waals surface area contributed by atoms with Gasteiger partial charge in [0.2, 0.25) is 5.91 Å². The predicted octanol–water partition coefficient (Wildman–Crippen LogP) is 4.43. The third kappa shape index (κ3) is 4.32. The van der Waals surface area contributed by atoms with Crippen LogP contribution in [0.2, 0.25) is 0 Å². The van der Waals surface area contributed by atoms with E-state index in [0.717, 1.165) is 51.6 Å². The normalized spacial score (nSPS) is 24.8. The maximum absolute atomic E-state index is 14.1. The number of aldehydes is 1. The quantitative estimate of drug-likeness (QED) is 0.404. The van der Waals surface area contributed by atoms with Gasteiger partial charge < -0.3 is 14.4 Å². The second-order valence-electron chi connectivity index (χ2n) is 10.5. The Hall–Kier alpha value is -2.80. The van der Waals surface area contributed by atoms with E-state index in [1.54, 1.807) is 0 Å². The van der Waals surface area contributed by atoms with Crippen molar-refractivity contribution >= 4 is 33.7 Å². The Kier molecular flexibility index (Phi) is 6.74. The number of hydrogen-bond acceptors (Lipinski definition) is 5. The van der Waals surface area contributed by atoms with Gasteiger partial charge in [-0.1, -0.05) is 48.5 Å². The number of hydrogen-bond donors (Lipinski definition) is 0. The van der Waals surface area contributed by atoms with E-state index in [-0.39, 0.29) is 23.8 Å². The van der Waals surface area contributed by atoms with E-state index >= 15 is 0 Å². The number of ether oxygens (including phenoxy) is 1. The fraction of sp³-hybridized carbons (Fsp3) is 0.467. The Morgan fingerprint density at radius 3 is 2.11 bits per heavy atom. The molecule has 0 bridgehead atoms. The first-order valence-corrected chi connectivity index (χ1v) is 13.5. The van der Waals surface area contributed by atoms with Gasteiger partial charge in [0.15, 0.2) is 0 Å². The molecule has 3 aromatic carbocycles. The molecule has 3 aromatic rings. The number of fused-ring (bicyclic) bond motifs is 2. The van der Waals surface area contributed by atoms with E-state index in [1.165, 1.54) is 27.1 Å². The van der Waals surface area contributed by atoms with Crippen molar-refractivity contribution in [2.45, 2.75) is 31.7 Å². The Morgan fingerprint density at radius 2 is 1.47 bits per heavy atom. The fourth-order valence-electron chi connectivity index (χ4n) is 6.57. The largest absolute Gasteiger partial charge is 0.378 e. The van der Waals surface area contributed by atoms with E-state index in [2.05, 4.69) is 64.6 Å². The van der Waals surface area contributed by atoms with Crippen molar-refractivity contribution < 1.29 is 14.3 Å². The summed E-state index contributed by atoms with van der Waals surface area (Å²) >= 11 is 0. The van der Waals surface area contributed by atoms with Crippen molar-refractivity contribution in [2.24, 2.45) is 11.8 Å². The molecule has 2 atom stereocenters. The lowest BCUT2D eigenvalue weighted by atomic mass is 9.80. The van der Waals surface area contributed by atoms with Gasteiger partial charge in [-0.15, -0.1) is 0 Å². The zero-order chi connectivity index (χ0) is 24.5. The fourth-order valence-corrected chi connectivity index (χ4v) is 6.57. The minimum atomic E-state index is -0.116. The number of carbonyl (C=O) groups is 2. The molecule has 6 heteroatoms. The third-order valence-electron chi connectivity index (χ3n) is 8.42. The number of hydrazine groups is 1. The molecule has 36 heavy (non-hydrogen) atoms. The van der Waals surface area contributed by atoms with Crippen LogP contribution in [0.25, 0.3) is 21.5 Å². The number of benzene rings is 3. The number of rotatable bonds is 4. The average Bonchev–Trinajstić information content (AvgIpc) is 2.95. The molecule has 0 spiro atoms. The number of piperidine rings is 2. The van der Waals surface area contributed by atoms with Crippen molar-refractivity contribution in [3.8, 4) is 0 Å². The molecule has 3 fully saturated rings. The topological polar surface area (TPSA) is 53.1 Å². The van der Waals surface area contributed by atoms with Crippen LogP contribution in [0.3, 0.4) is 0 Å². The van der Waals surface area contributed by atoms with Gasteiger partial charge in [-0.05, 0) is 58.9 Å². The molecule has 3 saturated heterocycles. The SMILES string of the molecule is O=CC1CCN(N2CCCC(C(=O)N3CCOCC3)[C@@H]2c2c3ccccc3cc3ccccc23)CC1. The van der Waals surface area contributed by atoms with Gasteiger partial charge in [0.1, 0.15) is 6.29 Å². The van der Waals surface area contributed by atoms with Gasteiger partial charge >= 0.3 is 0 Å². The van der Waals surface area contributed by atoms with Crippen molar-refractivity contribution in [2.75, 3.05) is 45.9 Å². The molecule has 0 saturated carbocycles. The highest BCUT2D eigenvalue weighted by Gasteiger charge is 2.43. The zero-order valence-corrected chi connectivity index (χ0v) is 20.9. The minimum absolute atomic E-state index is 0.0436. The van der Waals surface area contributed by atoms with Crippen molar-refractivity contribution in [3.05, 3.63) is 60.2 Å². The first-order valence-electron chi connectivity index (χ1n) is 13.5. The number of carbonyl (C=O) groups excluding carboxylic acids is 2. The zero-order valence-electron chi connectivity index (χ0n) is 20.9. The molecule has 0 aliphatic carbocycles. The highest BCUT2D eigenvalue weighted by Crippen LogP contribution is 2.44. The summed E-state index contributed by atoms with van der Waals surface area (Å²) in [5, 5.41) is 9.84.